The van der Waals surface area contributed by atoms with Gasteiger partial charge in [-0.2, -0.15) is 5.26 Å². The fourth-order valence-corrected chi connectivity index (χ4v) is 1.40. The van der Waals surface area contributed by atoms with Gasteiger partial charge in [0.1, 0.15) is 6.07 Å². The zero-order chi connectivity index (χ0) is 11.1. The Morgan fingerprint density at radius 3 is 3.07 bits per heavy atom. The average molecular weight is 204 g/mol. The summed E-state index contributed by atoms with van der Waals surface area (Å²) in [7, 11) is 0. The van der Waals surface area contributed by atoms with E-state index >= 15 is 0 Å². The zero-order valence-corrected chi connectivity index (χ0v) is 9.23. The third-order valence-corrected chi connectivity index (χ3v) is 2.21. The Balaban J connectivity index is 2.54. The lowest BCUT2D eigenvalue weighted by Crippen LogP contribution is -2.09. The van der Waals surface area contributed by atoms with Crippen molar-refractivity contribution in [2.45, 2.75) is 26.7 Å². The Morgan fingerprint density at radius 2 is 2.40 bits per heavy atom. The van der Waals surface area contributed by atoms with Gasteiger partial charge in [0.15, 0.2) is 5.75 Å². The molecule has 1 heterocycles. The van der Waals surface area contributed by atoms with Gasteiger partial charge in [-0.05, 0) is 18.4 Å². The van der Waals surface area contributed by atoms with E-state index in [0.29, 0.717) is 23.8 Å². The minimum Gasteiger partial charge on any atom is -0.490 e. The highest BCUT2D eigenvalue weighted by atomic mass is 16.5. The molecule has 0 spiro atoms. The van der Waals surface area contributed by atoms with Crippen molar-refractivity contribution in [2.75, 3.05) is 6.61 Å². The Bertz CT molecular complexity index is 344. The smallest absolute Gasteiger partial charge is 0.155 e. The van der Waals surface area contributed by atoms with Gasteiger partial charge in [-0.3, -0.25) is 4.98 Å². The number of hydrogen-bond acceptors (Lipinski definition) is 3. The van der Waals surface area contributed by atoms with Crippen molar-refractivity contribution in [3.63, 3.8) is 0 Å². The third kappa shape index (κ3) is 3.59. The highest BCUT2D eigenvalue weighted by molar-refractivity contribution is 5.40. The topological polar surface area (TPSA) is 45.9 Å². The molecule has 0 fully saturated rings. The highest BCUT2D eigenvalue weighted by Gasteiger charge is 2.05. The van der Waals surface area contributed by atoms with E-state index in [1.165, 1.54) is 0 Å². The summed E-state index contributed by atoms with van der Waals surface area (Å²) in [5, 5.41) is 8.83. The molecular formula is C12H16N2O. The van der Waals surface area contributed by atoms with Crippen LogP contribution in [0.2, 0.25) is 0 Å². The second-order valence-corrected chi connectivity index (χ2v) is 3.69. The quantitative estimate of drug-likeness (QED) is 0.740. The van der Waals surface area contributed by atoms with Gasteiger partial charge in [-0.1, -0.05) is 20.3 Å². The van der Waals surface area contributed by atoms with Crippen LogP contribution < -0.4 is 4.74 Å². The monoisotopic (exact) mass is 204 g/mol. The van der Waals surface area contributed by atoms with Crippen molar-refractivity contribution in [1.82, 2.24) is 4.98 Å². The van der Waals surface area contributed by atoms with Gasteiger partial charge in [0.2, 0.25) is 0 Å². The van der Waals surface area contributed by atoms with Crippen molar-refractivity contribution in [3.8, 4) is 11.8 Å². The summed E-state index contributed by atoms with van der Waals surface area (Å²) in [5.41, 5.74) is 0.550. The number of rotatable bonds is 5. The van der Waals surface area contributed by atoms with E-state index in [1.807, 2.05) is 0 Å². The Morgan fingerprint density at radius 1 is 1.60 bits per heavy atom. The molecule has 15 heavy (non-hydrogen) atoms. The molecule has 3 heteroatoms. The predicted molar refractivity (Wildman–Crippen MR) is 58.5 cm³/mol. The summed E-state index contributed by atoms with van der Waals surface area (Å²) in [6.07, 6.45) is 5.49. The predicted octanol–water partition coefficient (Wildman–Crippen LogP) is 2.77. The number of hydrogen-bond donors (Lipinski definition) is 0. The molecule has 0 aromatic carbocycles. The maximum atomic E-state index is 8.83. The Labute approximate surface area is 90.7 Å². The normalized spacial score (nSPS) is 11.8. The van der Waals surface area contributed by atoms with Crippen LogP contribution in [-0.2, 0) is 0 Å². The first-order chi connectivity index (χ1) is 7.27. The molecule has 0 radical (unpaired) electrons. The average Bonchev–Trinajstić information content (AvgIpc) is 2.27. The molecule has 0 bridgehead atoms. The van der Waals surface area contributed by atoms with Crippen LogP contribution in [0.25, 0.3) is 0 Å². The van der Waals surface area contributed by atoms with E-state index in [1.54, 1.807) is 18.5 Å². The molecule has 1 aromatic rings. The van der Waals surface area contributed by atoms with Crippen molar-refractivity contribution < 1.29 is 4.74 Å². The summed E-state index contributed by atoms with van der Waals surface area (Å²) in [6, 6.07) is 3.75. The summed E-state index contributed by atoms with van der Waals surface area (Å²) in [6.45, 7) is 4.95. The van der Waals surface area contributed by atoms with Gasteiger partial charge >= 0.3 is 0 Å². The van der Waals surface area contributed by atoms with Crippen LogP contribution in [0.3, 0.4) is 0 Å². The molecule has 1 unspecified atom stereocenters. The fraction of sp³-hybridized carbons (Fsp3) is 0.500. The summed E-state index contributed by atoms with van der Waals surface area (Å²) in [5.74, 6) is 1.10. The van der Waals surface area contributed by atoms with E-state index in [2.05, 4.69) is 24.9 Å². The van der Waals surface area contributed by atoms with E-state index in [-0.39, 0.29) is 0 Å². The van der Waals surface area contributed by atoms with Crippen LogP contribution in [0.4, 0.5) is 0 Å². The molecule has 1 atom stereocenters. The fourth-order valence-electron chi connectivity index (χ4n) is 1.40. The van der Waals surface area contributed by atoms with Gasteiger partial charge in [-0.15, -0.1) is 0 Å². The van der Waals surface area contributed by atoms with Crippen LogP contribution >= 0.6 is 0 Å². The molecule has 1 aromatic heterocycles. The van der Waals surface area contributed by atoms with Crippen LogP contribution in [0.1, 0.15) is 32.3 Å². The summed E-state index contributed by atoms with van der Waals surface area (Å²) >= 11 is 0. The first kappa shape index (κ1) is 11.5. The van der Waals surface area contributed by atoms with Gasteiger partial charge in [0, 0.05) is 6.20 Å². The molecule has 0 aliphatic carbocycles. The minimum absolute atomic E-state index is 0.516. The number of ether oxygens (including phenoxy) is 1. The van der Waals surface area contributed by atoms with Crippen LogP contribution in [-0.4, -0.2) is 11.6 Å². The van der Waals surface area contributed by atoms with Crippen molar-refractivity contribution in [2.24, 2.45) is 5.92 Å². The lowest BCUT2D eigenvalue weighted by atomic mass is 10.1. The first-order valence-corrected chi connectivity index (χ1v) is 5.24. The largest absolute Gasteiger partial charge is 0.490 e. The molecule has 0 aliphatic heterocycles. The Kier molecular flexibility index (Phi) is 4.62. The van der Waals surface area contributed by atoms with Crippen molar-refractivity contribution in [1.29, 1.82) is 5.26 Å². The first-order valence-electron chi connectivity index (χ1n) is 5.24. The van der Waals surface area contributed by atoms with Gasteiger partial charge in [0.25, 0.3) is 0 Å². The molecule has 0 aliphatic rings. The van der Waals surface area contributed by atoms with Crippen LogP contribution in [0.15, 0.2) is 18.5 Å². The minimum atomic E-state index is 0.516. The molecule has 0 saturated carbocycles. The number of pyridine rings is 1. The van der Waals surface area contributed by atoms with Crippen LogP contribution in [0.5, 0.6) is 5.75 Å². The van der Waals surface area contributed by atoms with E-state index in [4.69, 9.17) is 10.00 Å². The van der Waals surface area contributed by atoms with E-state index < -0.39 is 0 Å². The maximum absolute atomic E-state index is 8.83. The second-order valence-electron chi connectivity index (χ2n) is 3.69. The van der Waals surface area contributed by atoms with Crippen molar-refractivity contribution in [3.05, 3.63) is 24.0 Å². The summed E-state index contributed by atoms with van der Waals surface area (Å²) < 4.78 is 5.56. The molecule has 0 N–H and O–H groups in total. The molecular weight excluding hydrogens is 188 g/mol. The highest BCUT2D eigenvalue weighted by Crippen LogP contribution is 2.16. The number of nitriles is 1. The molecule has 0 amide bonds. The van der Waals surface area contributed by atoms with E-state index in [0.717, 1.165) is 12.8 Å². The van der Waals surface area contributed by atoms with Crippen LogP contribution in [0, 0.1) is 17.2 Å². The van der Waals surface area contributed by atoms with Crippen molar-refractivity contribution >= 4 is 0 Å². The van der Waals surface area contributed by atoms with E-state index in [9.17, 15) is 0 Å². The SMILES string of the molecule is CCCC(C)COc1cnccc1C#N. The van der Waals surface area contributed by atoms with Gasteiger partial charge in [0.05, 0.1) is 18.4 Å². The van der Waals surface area contributed by atoms with Gasteiger partial charge < -0.3 is 4.74 Å². The number of nitrogens with zero attached hydrogens (tertiary/aromatic N) is 2. The second kappa shape index (κ2) is 6.02. The third-order valence-electron chi connectivity index (χ3n) is 2.21. The Hall–Kier alpha value is -1.56. The standard InChI is InChI=1S/C12H16N2O/c1-3-4-10(2)9-15-12-8-14-6-5-11(12)7-13/h5-6,8,10H,3-4,9H2,1-2H3. The molecule has 80 valence electrons. The lowest BCUT2D eigenvalue weighted by molar-refractivity contribution is 0.250. The maximum Gasteiger partial charge on any atom is 0.155 e. The summed E-state index contributed by atoms with van der Waals surface area (Å²) in [4.78, 5) is 3.94. The molecule has 1 rings (SSSR count). The zero-order valence-electron chi connectivity index (χ0n) is 9.23. The lowest BCUT2D eigenvalue weighted by Gasteiger charge is -2.12. The molecule has 0 saturated heterocycles. The molecule has 3 nitrogen and oxygen atoms in total. The number of aromatic nitrogens is 1. The van der Waals surface area contributed by atoms with Gasteiger partial charge in [-0.25, -0.2) is 0 Å².